The molecule has 2 heterocycles. The van der Waals surface area contributed by atoms with Gasteiger partial charge in [0, 0.05) is 6.07 Å². The van der Waals surface area contributed by atoms with Crippen LogP contribution in [0.15, 0.2) is 80.1 Å². The Kier molecular flexibility index (Phi) is 10.0. The third-order valence-corrected chi connectivity index (χ3v) is 8.71. The molecule has 0 aliphatic carbocycles. The summed E-state index contributed by atoms with van der Waals surface area (Å²) in [6, 6.07) is 12.5. The van der Waals surface area contributed by atoms with E-state index in [1.165, 1.54) is 11.7 Å². The van der Waals surface area contributed by atoms with Crippen LogP contribution in [0.4, 0.5) is 11.4 Å². The van der Waals surface area contributed by atoms with Crippen LogP contribution in [-0.4, -0.2) is 40.7 Å². The molecule has 0 fully saturated rings. The fourth-order valence-electron chi connectivity index (χ4n) is 5.05. The van der Waals surface area contributed by atoms with Gasteiger partial charge in [-0.2, -0.15) is 0 Å². The Morgan fingerprint density at radius 2 is 1.77 bits per heavy atom. The third kappa shape index (κ3) is 6.70. The monoisotopic (exact) mass is 738 g/mol. The maximum absolute atomic E-state index is 14.0. The predicted molar refractivity (Wildman–Crippen MR) is 179 cm³/mol. The zero-order valence-corrected chi connectivity index (χ0v) is 28.3. The van der Waals surface area contributed by atoms with Gasteiger partial charge in [0.1, 0.15) is 5.75 Å². The van der Waals surface area contributed by atoms with Crippen molar-refractivity contribution < 1.29 is 33.6 Å². The molecule has 1 atom stereocenters. The van der Waals surface area contributed by atoms with E-state index in [4.69, 9.17) is 18.9 Å². The number of methoxy groups -OCH3 is 1. The van der Waals surface area contributed by atoms with Crippen LogP contribution in [-0.2, 0) is 9.53 Å². The van der Waals surface area contributed by atoms with Gasteiger partial charge >= 0.3 is 11.7 Å². The number of esters is 1. The minimum atomic E-state index is -0.812. The van der Waals surface area contributed by atoms with E-state index in [-0.39, 0.29) is 29.4 Å². The molecule has 0 amide bonds. The number of non-ortho nitro benzene ring substituents is 1. The highest BCUT2D eigenvalue weighted by molar-refractivity contribution is 9.10. The van der Waals surface area contributed by atoms with Gasteiger partial charge in [-0.15, -0.1) is 0 Å². The molecule has 1 unspecified atom stereocenters. The first kappa shape index (κ1) is 34.0. The predicted octanol–water partition coefficient (Wildman–Crippen LogP) is 5.58. The second kappa shape index (κ2) is 14.2. The summed E-state index contributed by atoms with van der Waals surface area (Å²) >= 11 is 4.55. The molecule has 0 N–H and O–H groups in total. The summed E-state index contributed by atoms with van der Waals surface area (Å²) in [6.45, 7) is 5.89. The van der Waals surface area contributed by atoms with Gasteiger partial charge in [-0.3, -0.25) is 29.6 Å². The van der Waals surface area contributed by atoms with Crippen LogP contribution in [0.5, 0.6) is 23.0 Å². The Morgan fingerprint density at radius 1 is 1.04 bits per heavy atom. The average Bonchev–Trinajstić information content (AvgIpc) is 3.35. The van der Waals surface area contributed by atoms with Crippen molar-refractivity contribution >= 4 is 50.7 Å². The first-order valence-electron chi connectivity index (χ1n) is 14.4. The molecule has 3 aromatic carbocycles. The molecule has 0 radical (unpaired) electrons. The number of nitrogens with zero attached hydrogens (tertiary/aromatic N) is 4. The zero-order chi connectivity index (χ0) is 34.7. The number of halogens is 1. The van der Waals surface area contributed by atoms with Crippen LogP contribution in [0.3, 0.4) is 0 Å². The fraction of sp³-hybridized carbons (Fsp3) is 0.219. The highest BCUT2D eigenvalue weighted by Crippen LogP contribution is 2.43. The molecule has 0 saturated carbocycles. The summed E-state index contributed by atoms with van der Waals surface area (Å²) in [5, 5.41) is 22.8. The molecule has 0 bridgehead atoms. The number of carbonyl (C=O) groups excluding carboxylic acids is 1. The number of rotatable bonds is 11. The van der Waals surface area contributed by atoms with Crippen LogP contribution < -0.4 is 29.1 Å². The van der Waals surface area contributed by atoms with E-state index >= 15 is 0 Å². The number of nitro benzene ring substituents is 2. The molecular weight excluding hydrogens is 712 g/mol. The van der Waals surface area contributed by atoms with Gasteiger partial charge in [-0.25, -0.2) is 9.79 Å². The summed E-state index contributed by atoms with van der Waals surface area (Å²) in [4.78, 5) is 53.4. The van der Waals surface area contributed by atoms with Crippen LogP contribution in [0.25, 0.3) is 6.08 Å². The Labute approximate surface area is 284 Å². The lowest BCUT2D eigenvalue weighted by Gasteiger charge is -2.24. The van der Waals surface area contributed by atoms with Gasteiger partial charge in [0.15, 0.2) is 16.3 Å². The molecule has 0 spiro atoms. The van der Waals surface area contributed by atoms with E-state index in [0.717, 1.165) is 29.5 Å². The average molecular weight is 740 g/mol. The normalized spacial score (nSPS) is 14.2. The molecule has 0 saturated heterocycles. The SMILES string of the molecule is CCOC(=O)C1=C(C)N=c2s/c(=C\c3cc(Br)c(Oc4ccc([N+](=O)[O-])cc4[N+](=O)[O-])c(OC)c3)c(=O)n2C1c1ccc(OCC)cc1. The number of hydrogen-bond donors (Lipinski definition) is 0. The quantitative estimate of drug-likeness (QED) is 0.107. The first-order chi connectivity index (χ1) is 23.0. The lowest BCUT2D eigenvalue weighted by atomic mass is 9.96. The largest absolute Gasteiger partial charge is 0.494 e. The highest BCUT2D eigenvalue weighted by Gasteiger charge is 2.33. The standard InChI is InChI=1S/C32H27BrN4O10S/c1-5-45-21-10-7-19(8-11-21)28-27(31(39)46-6-2)17(3)34-32-35(28)30(38)26(48-32)15-18-13-22(33)29(25(14-18)44-4)47-24-12-9-20(36(40)41)16-23(24)37(42)43/h7-16,28H,5-6H2,1-4H3/b26-15-. The Bertz CT molecular complexity index is 2160. The van der Waals surface area contributed by atoms with Gasteiger partial charge < -0.3 is 18.9 Å². The van der Waals surface area contributed by atoms with Crippen LogP contribution in [0.2, 0.25) is 0 Å². The summed E-state index contributed by atoms with van der Waals surface area (Å²) in [6.07, 6.45) is 1.62. The van der Waals surface area contributed by atoms with Gasteiger partial charge in [-0.05, 0) is 84.2 Å². The Balaban J connectivity index is 1.60. The van der Waals surface area contributed by atoms with Gasteiger partial charge in [0.25, 0.3) is 11.2 Å². The molecular formula is C32H27BrN4O10S. The number of carbonyl (C=O) groups is 1. The maximum Gasteiger partial charge on any atom is 0.338 e. The number of benzene rings is 3. The number of nitro groups is 2. The van der Waals surface area contributed by atoms with E-state index in [1.807, 2.05) is 6.92 Å². The van der Waals surface area contributed by atoms with E-state index in [2.05, 4.69) is 20.9 Å². The number of hydrogen-bond acceptors (Lipinski definition) is 12. The summed E-state index contributed by atoms with van der Waals surface area (Å²) < 4.78 is 24.3. The summed E-state index contributed by atoms with van der Waals surface area (Å²) in [5.41, 5.74) is 0.360. The molecule has 16 heteroatoms. The number of thiazole rings is 1. The zero-order valence-electron chi connectivity index (χ0n) is 25.9. The van der Waals surface area contributed by atoms with Gasteiger partial charge in [0.05, 0.1) is 62.6 Å². The minimum Gasteiger partial charge on any atom is -0.494 e. The third-order valence-electron chi connectivity index (χ3n) is 7.14. The molecule has 5 rings (SSSR count). The van der Waals surface area contributed by atoms with Crippen LogP contribution in [0, 0.1) is 20.2 Å². The van der Waals surface area contributed by atoms with Crippen molar-refractivity contribution in [2.24, 2.45) is 4.99 Å². The Hall–Kier alpha value is -5.35. The van der Waals surface area contributed by atoms with Crippen LogP contribution in [0.1, 0.15) is 37.9 Å². The number of fused-ring (bicyclic) bond motifs is 1. The van der Waals surface area contributed by atoms with Crippen molar-refractivity contribution in [3.63, 3.8) is 0 Å². The molecule has 248 valence electrons. The Morgan fingerprint density at radius 3 is 2.40 bits per heavy atom. The van der Waals surface area contributed by atoms with Crippen molar-refractivity contribution in [3.05, 3.63) is 121 Å². The molecule has 48 heavy (non-hydrogen) atoms. The van der Waals surface area contributed by atoms with Gasteiger partial charge in [0.2, 0.25) is 5.75 Å². The highest BCUT2D eigenvalue weighted by atomic mass is 79.9. The van der Waals surface area contributed by atoms with E-state index in [9.17, 15) is 29.8 Å². The molecule has 14 nitrogen and oxygen atoms in total. The first-order valence-corrected chi connectivity index (χ1v) is 16.0. The smallest absolute Gasteiger partial charge is 0.338 e. The molecule has 4 aromatic rings. The second-order valence-electron chi connectivity index (χ2n) is 10.1. The van der Waals surface area contributed by atoms with Crippen molar-refractivity contribution in [2.45, 2.75) is 26.8 Å². The number of aromatic nitrogens is 1. The topological polar surface area (TPSA) is 175 Å². The fourth-order valence-corrected chi connectivity index (χ4v) is 6.64. The minimum absolute atomic E-state index is 0.0678. The molecule has 1 aliphatic heterocycles. The number of ether oxygens (including phenoxy) is 4. The van der Waals surface area contributed by atoms with Crippen molar-refractivity contribution in [2.75, 3.05) is 20.3 Å². The molecule has 1 aliphatic rings. The summed E-state index contributed by atoms with van der Waals surface area (Å²) in [7, 11) is 1.37. The van der Waals surface area contributed by atoms with E-state index < -0.39 is 38.8 Å². The second-order valence-corrected chi connectivity index (χ2v) is 12.0. The van der Waals surface area contributed by atoms with Crippen molar-refractivity contribution in [1.82, 2.24) is 4.57 Å². The van der Waals surface area contributed by atoms with E-state index in [0.29, 0.717) is 43.0 Å². The van der Waals surface area contributed by atoms with Crippen molar-refractivity contribution in [1.29, 1.82) is 0 Å². The maximum atomic E-state index is 14.0. The lowest BCUT2D eigenvalue weighted by molar-refractivity contribution is -0.394. The van der Waals surface area contributed by atoms with E-state index in [1.54, 1.807) is 56.3 Å². The van der Waals surface area contributed by atoms with Gasteiger partial charge in [-0.1, -0.05) is 23.5 Å². The lowest BCUT2D eigenvalue weighted by Crippen LogP contribution is -2.39. The molecule has 1 aromatic heterocycles. The number of allylic oxidation sites excluding steroid dienone is 1. The van der Waals surface area contributed by atoms with Crippen LogP contribution >= 0.6 is 27.3 Å². The van der Waals surface area contributed by atoms with Crippen molar-refractivity contribution in [3.8, 4) is 23.0 Å². The summed E-state index contributed by atoms with van der Waals surface area (Å²) in [5.74, 6) is 0.0429.